The number of hydrogen-bond acceptors (Lipinski definition) is 1. The van der Waals surface area contributed by atoms with E-state index in [1.165, 1.54) is 0 Å². The summed E-state index contributed by atoms with van der Waals surface area (Å²) in [5, 5.41) is 3.02. The topological polar surface area (TPSA) is 29.1 Å². The summed E-state index contributed by atoms with van der Waals surface area (Å²) < 4.78 is 0. The predicted octanol–water partition coefficient (Wildman–Crippen LogP) is 3.34. The SMILES string of the molecule is CCC(C)C(C(=O)NC(C)C)c1ccccc1. The number of carbonyl (C=O) groups excluding carboxylic acids is 1. The molecular weight excluding hydrogens is 210 g/mol. The van der Waals surface area contributed by atoms with Crippen molar-refractivity contribution >= 4 is 5.91 Å². The fourth-order valence-electron chi connectivity index (χ4n) is 2.01. The predicted molar refractivity (Wildman–Crippen MR) is 71.9 cm³/mol. The van der Waals surface area contributed by atoms with Gasteiger partial charge in [-0.2, -0.15) is 0 Å². The van der Waals surface area contributed by atoms with E-state index in [2.05, 4.69) is 19.2 Å². The van der Waals surface area contributed by atoms with Crippen molar-refractivity contribution in [3.8, 4) is 0 Å². The first-order valence-electron chi connectivity index (χ1n) is 6.41. The van der Waals surface area contributed by atoms with E-state index in [1.807, 2.05) is 44.2 Å². The van der Waals surface area contributed by atoms with Crippen LogP contribution < -0.4 is 5.32 Å². The second-order valence-corrected chi connectivity index (χ2v) is 4.94. The van der Waals surface area contributed by atoms with Crippen LogP contribution in [0.4, 0.5) is 0 Å². The van der Waals surface area contributed by atoms with Crippen molar-refractivity contribution in [1.29, 1.82) is 0 Å². The van der Waals surface area contributed by atoms with Gasteiger partial charge in [0.25, 0.3) is 0 Å². The molecule has 0 aliphatic carbocycles. The van der Waals surface area contributed by atoms with Crippen LogP contribution in [0.5, 0.6) is 0 Å². The number of benzene rings is 1. The summed E-state index contributed by atoms with van der Waals surface area (Å²) in [6.07, 6.45) is 1.01. The van der Waals surface area contributed by atoms with Gasteiger partial charge in [-0.15, -0.1) is 0 Å². The third-order valence-corrected chi connectivity index (χ3v) is 3.09. The number of carbonyl (C=O) groups is 1. The molecule has 17 heavy (non-hydrogen) atoms. The van der Waals surface area contributed by atoms with Crippen LogP contribution in [0.3, 0.4) is 0 Å². The van der Waals surface area contributed by atoms with Crippen molar-refractivity contribution in [1.82, 2.24) is 5.32 Å². The van der Waals surface area contributed by atoms with Crippen LogP contribution in [0.15, 0.2) is 30.3 Å². The van der Waals surface area contributed by atoms with Crippen LogP contribution in [0.2, 0.25) is 0 Å². The van der Waals surface area contributed by atoms with E-state index in [0.717, 1.165) is 12.0 Å². The molecule has 0 aliphatic rings. The number of nitrogens with one attached hydrogen (secondary N) is 1. The highest BCUT2D eigenvalue weighted by molar-refractivity contribution is 5.84. The Morgan fingerprint density at radius 3 is 2.24 bits per heavy atom. The Kier molecular flexibility index (Phi) is 5.20. The average Bonchev–Trinajstić information content (AvgIpc) is 2.29. The van der Waals surface area contributed by atoms with Crippen molar-refractivity contribution < 1.29 is 4.79 Å². The van der Waals surface area contributed by atoms with Crippen LogP contribution in [0.1, 0.15) is 45.6 Å². The molecule has 0 fully saturated rings. The fraction of sp³-hybridized carbons (Fsp3) is 0.533. The minimum atomic E-state index is -0.0383. The van der Waals surface area contributed by atoms with Gasteiger partial charge in [0.05, 0.1) is 5.92 Å². The normalized spacial score (nSPS) is 14.4. The Bertz CT molecular complexity index is 345. The van der Waals surface area contributed by atoms with Gasteiger partial charge in [-0.05, 0) is 25.3 Å². The van der Waals surface area contributed by atoms with Crippen LogP contribution in [-0.4, -0.2) is 11.9 Å². The standard InChI is InChI=1S/C15H23NO/c1-5-12(4)14(15(17)16-11(2)3)13-9-7-6-8-10-13/h6-12,14H,5H2,1-4H3,(H,16,17). The average molecular weight is 233 g/mol. The first kappa shape index (κ1) is 13.8. The Balaban J connectivity index is 2.92. The van der Waals surface area contributed by atoms with E-state index in [4.69, 9.17) is 0 Å². The highest BCUT2D eigenvalue weighted by Crippen LogP contribution is 2.27. The first-order chi connectivity index (χ1) is 8.06. The lowest BCUT2D eigenvalue weighted by Gasteiger charge is -2.23. The minimum absolute atomic E-state index is 0.0383. The van der Waals surface area contributed by atoms with Crippen LogP contribution in [0.25, 0.3) is 0 Å². The molecule has 1 N–H and O–H groups in total. The monoisotopic (exact) mass is 233 g/mol. The minimum Gasteiger partial charge on any atom is -0.353 e. The van der Waals surface area contributed by atoms with Crippen molar-refractivity contribution in [2.45, 2.75) is 46.1 Å². The lowest BCUT2D eigenvalue weighted by atomic mass is 9.85. The Hall–Kier alpha value is -1.31. The summed E-state index contributed by atoms with van der Waals surface area (Å²) >= 11 is 0. The zero-order chi connectivity index (χ0) is 12.8. The molecule has 2 atom stereocenters. The molecule has 1 aromatic carbocycles. The van der Waals surface area contributed by atoms with Crippen LogP contribution >= 0.6 is 0 Å². The quantitative estimate of drug-likeness (QED) is 0.830. The summed E-state index contributed by atoms with van der Waals surface area (Å²) in [5.74, 6) is 0.459. The van der Waals surface area contributed by atoms with Gasteiger partial charge in [-0.1, -0.05) is 50.6 Å². The molecule has 1 aromatic rings. The Morgan fingerprint density at radius 1 is 1.18 bits per heavy atom. The molecule has 2 heteroatoms. The van der Waals surface area contributed by atoms with E-state index >= 15 is 0 Å². The summed E-state index contributed by atoms with van der Waals surface area (Å²) in [7, 11) is 0. The van der Waals surface area contributed by atoms with Gasteiger partial charge in [0.15, 0.2) is 0 Å². The molecule has 0 radical (unpaired) electrons. The number of hydrogen-bond donors (Lipinski definition) is 1. The van der Waals surface area contributed by atoms with Crippen molar-refractivity contribution in [2.75, 3.05) is 0 Å². The van der Waals surface area contributed by atoms with E-state index < -0.39 is 0 Å². The molecule has 0 saturated heterocycles. The van der Waals surface area contributed by atoms with Gasteiger partial charge >= 0.3 is 0 Å². The molecule has 0 heterocycles. The van der Waals surface area contributed by atoms with Gasteiger partial charge < -0.3 is 5.32 Å². The zero-order valence-corrected chi connectivity index (χ0v) is 11.2. The summed E-state index contributed by atoms with van der Waals surface area (Å²) in [4.78, 5) is 12.2. The molecule has 2 nitrogen and oxygen atoms in total. The molecule has 0 bridgehead atoms. The van der Waals surface area contributed by atoms with Gasteiger partial charge in [0, 0.05) is 6.04 Å². The molecule has 94 valence electrons. The Labute approximate surface area is 104 Å². The largest absolute Gasteiger partial charge is 0.353 e. The van der Waals surface area contributed by atoms with Crippen molar-refractivity contribution in [3.63, 3.8) is 0 Å². The second kappa shape index (κ2) is 6.43. The maximum atomic E-state index is 12.2. The Morgan fingerprint density at radius 2 is 1.76 bits per heavy atom. The number of rotatable bonds is 5. The lowest BCUT2D eigenvalue weighted by Crippen LogP contribution is -2.36. The zero-order valence-electron chi connectivity index (χ0n) is 11.2. The van der Waals surface area contributed by atoms with Gasteiger partial charge in [-0.3, -0.25) is 4.79 Å². The fourth-order valence-corrected chi connectivity index (χ4v) is 2.01. The van der Waals surface area contributed by atoms with Crippen LogP contribution in [0, 0.1) is 5.92 Å². The van der Waals surface area contributed by atoms with Gasteiger partial charge in [-0.25, -0.2) is 0 Å². The van der Waals surface area contributed by atoms with Crippen molar-refractivity contribution in [3.05, 3.63) is 35.9 Å². The summed E-state index contributed by atoms with van der Waals surface area (Å²) in [5.41, 5.74) is 1.11. The molecule has 2 unspecified atom stereocenters. The third kappa shape index (κ3) is 3.88. The maximum absolute atomic E-state index is 12.2. The maximum Gasteiger partial charge on any atom is 0.228 e. The summed E-state index contributed by atoms with van der Waals surface area (Å²) in [6.45, 7) is 8.26. The third-order valence-electron chi connectivity index (χ3n) is 3.09. The van der Waals surface area contributed by atoms with E-state index in [9.17, 15) is 4.79 Å². The molecule has 0 saturated carbocycles. The molecule has 1 amide bonds. The molecule has 0 spiro atoms. The molecule has 0 aliphatic heterocycles. The van der Waals surface area contributed by atoms with Crippen molar-refractivity contribution in [2.24, 2.45) is 5.92 Å². The van der Waals surface area contributed by atoms with Gasteiger partial charge in [0.2, 0.25) is 5.91 Å². The number of amides is 1. The lowest BCUT2D eigenvalue weighted by molar-refractivity contribution is -0.124. The van der Waals surface area contributed by atoms with E-state index in [-0.39, 0.29) is 17.9 Å². The van der Waals surface area contributed by atoms with Gasteiger partial charge in [0.1, 0.15) is 0 Å². The summed E-state index contributed by atoms with van der Waals surface area (Å²) in [6, 6.07) is 10.2. The van der Waals surface area contributed by atoms with E-state index in [0.29, 0.717) is 5.92 Å². The molecular formula is C15H23NO. The highest BCUT2D eigenvalue weighted by Gasteiger charge is 2.25. The smallest absolute Gasteiger partial charge is 0.228 e. The van der Waals surface area contributed by atoms with Crippen LogP contribution in [-0.2, 0) is 4.79 Å². The highest BCUT2D eigenvalue weighted by atomic mass is 16.1. The first-order valence-corrected chi connectivity index (χ1v) is 6.41. The molecule has 1 rings (SSSR count). The molecule has 0 aromatic heterocycles. The second-order valence-electron chi connectivity index (χ2n) is 4.94. The van der Waals surface area contributed by atoms with E-state index in [1.54, 1.807) is 0 Å².